The molecule has 0 saturated heterocycles. The van der Waals surface area contributed by atoms with Crippen LogP contribution in [0.2, 0.25) is 0 Å². The number of aromatic nitrogens is 1. The molecule has 0 atom stereocenters. The molecule has 0 spiro atoms. The van der Waals surface area contributed by atoms with Crippen molar-refractivity contribution in [1.82, 2.24) is 10.3 Å². The van der Waals surface area contributed by atoms with Crippen LogP contribution in [0, 0.1) is 0 Å². The van der Waals surface area contributed by atoms with Crippen LogP contribution in [0.4, 0.5) is 16.2 Å². The third kappa shape index (κ3) is 9.15. The molecule has 210 valence electrons. The maximum absolute atomic E-state index is 13.2. The number of nitrogens with one attached hydrogen (secondary N) is 3. The van der Waals surface area contributed by atoms with Crippen molar-refractivity contribution < 1.29 is 19.1 Å². The molecule has 0 aliphatic heterocycles. The molecular formula is C32H32N4O4S. The number of hydrogen-bond donors (Lipinski definition) is 3. The number of amides is 3. The predicted octanol–water partition coefficient (Wildman–Crippen LogP) is 6.78. The number of nitrogens with zero attached hydrogens (tertiary/aromatic N) is 1. The van der Waals surface area contributed by atoms with Gasteiger partial charge in [0.05, 0.1) is 11.4 Å². The second-order valence-electron chi connectivity index (χ2n) is 10.1. The van der Waals surface area contributed by atoms with Gasteiger partial charge in [0, 0.05) is 41.4 Å². The topological polar surface area (TPSA) is 109 Å². The number of benzene rings is 2. The summed E-state index contributed by atoms with van der Waals surface area (Å²) < 4.78 is 5.39. The molecule has 4 rings (SSSR count). The number of hydrogen-bond acceptors (Lipinski definition) is 6. The fraction of sp³-hybridized carbons (Fsp3) is 0.188. The third-order valence-electron chi connectivity index (χ3n) is 5.72. The van der Waals surface area contributed by atoms with E-state index in [1.165, 1.54) is 6.08 Å². The maximum Gasteiger partial charge on any atom is 0.412 e. The first-order chi connectivity index (χ1) is 19.7. The summed E-state index contributed by atoms with van der Waals surface area (Å²) in [6.07, 6.45) is 4.90. The normalized spacial score (nSPS) is 11.2. The number of anilines is 2. The van der Waals surface area contributed by atoms with Gasteiger partial charge in [-0.1, -0.05) is 30.3 Å². The van der Waals surface area contributed by atoms with E-state index in [9.17, 15) is 14.4 Å². The van der Waals surface area contributed by atoms with Crippen LogP contribution in [-0.4, -0.2) is 35.0 Å². The second-order valence-corrected chi connectivity index (χ2v) is 11.1. The van der Waals surface area contributed by atoms with Gasteiger partial charge in [0.25, 0.3) is 5.91 Å². The zero-order valence-electron chi connectivity index (χ0n) is 23.1. The maximum atomic E-state index is 13.2. The van der Waals surface area contributed by atoms with Gasteiger partial charge in [-0.25, -0.2) is 4.79 Å². The molecule has 0 saturated carbocycles. The van der Waals surface area contributed by atoms with E-state index < -0.39 is 11.7 Å². The number of carbonyl (C=O) groups excluding carboxylic acids is 3. The zero-order valence-corrected chi connectivity index (χ0v) is 24.0. The third-order valence-corrected chi connectivity index (χ3v) is 6.63. The summed E-state index contributed by atoms with van der Waals surface area (Å²) in [4.78, 5) is 43.0. The zero-order chi connectivity index (χ0) is 29.2. The van der Waals surface area contributed by atoms with Gasteiger partial charge in [-0.05, 0) is 85.8 Å². The fourth-order valence-corrected chi connectivity index (χ4v) is 4.52. The van der Waals surface area contributed by atoms with E-state index in [2.05, 4.69) is 20.9 Å². The first-order valence-electron chi connectivity index (χ1n) is 13.1. The molecule has 2 heterocycles. The van der Waals surface area contributed by atoms with E-state index in [1.54, 1.807) is 74.7 Å². The highest BCUT2D eigenvalue weighted by Crippen LogP contribution is 2.32. The lowest BCUT2D eigenvalue weighted by atomic mass is 10.1. The SMILES string of the molecule is CC(C)(C)OC(=O)Nc1ccc(-c2cccs2)cc1NC(=O)c1ccc(/C=C/C(=O)NCCc2ccccn2)cc1. The van der Waals surface area contributed by atoms with Crippen molar-refractivity contribution >= 4 is 46.7 Å². The Balaban J connectivity index is 1.40. The van der Waals surface area contributed by atoms with Crippen molar-refractivity contribution in [2.24, 2.45) is 0 Å². The molecule has 4 aromatic rings. The van der Waals surface area contributed by atoms with E-state index in [-0.39, 0.29) is 11.8 Å². The molecule has 3 N–H and O–H groups in total. The Hall–Kier alpha value is -4.76. The van der Waals surface area contributed by atoms with Crippen LogP contribution in [0.5, 0.6) is 0 Å². The lowest BCUT2D eigenvalue weighted by molar-refractivity contribution is -0.116. The Morgan fingerprint density at radius 3 is 2.41 bits per heavy atom. The number of thiophene rings is 1. The van der Waals surface area contributed by atoms with Gasteiger partial charge < -0.3 is 15.4 Å². The monoisotopic (exact) mass is 568 g/mol. The molecule has 2 aromatic carbocycles. The highest BCUT2D eigenvalue weighted by molar-refractivity contribution is 7.13. The van der Waals surface area contributed by atoms with Crippen molar-refractivity contribution in [3.8, 4) is 10.4 Å². The molecular weight excluding hydrogens is 536 g/mol. The minimum absolute atomic E-state index is 0.210. The summed E-state index contributed by atoms with van der Waals surface area (Å²) >= 11 is 1.58. The van der Waals surface area contributed by atoms with Crippen LogP contribution < -0.4 is 16.0 Å². The average Bonchev–Trinajstić information content (AvgIpc) is 3.48. The van der Waals surface area contributed by atoms with Gasteiger partial charge in [0.2, 0.25) is 5.91 Å². The van der Waals surface area contributed by atoms with Gasteiger partial charge in [-0.3, -0.25) is 19.9 Å². The standard InChI is InChI=1S/C32H32N4O4S/c1-32(2,3)40-31(39)36-26-15-14-24(28-8-6-20-41-28)21-27(26)35-30(38)23-12-9-22(10-13-23)11-16-29(37)34-19-17-25-7-4-5-18-33-25/h4-16,18,20-21H,17,19H2,1-3H3,(H,34,37)(H,35,38)(H,36,39)/b16-11+. The van der Waals surface area contributed by atoms with Crippen molar-refractivity contribution in [2.75, 3.05) is 17.2 Å². The molecule has 0 fully saturated rings. The number of pyridine rings is 1. The van der Waals surface area contributed by atoms with Crippen LogP contribution in [0.15, 0.2) is 90.4 Å². The Morgan fingerprint density at radius 2 is 1.73 bits per heavy atom. The van der Waals surface area contributed by atoms with E-state index in [4.69, 9.17) is 4.74 Å². The minimum Gasteiger partial charge on any atom is -0.444 e. The highest BCUT2D eigenvalue weighted by Gasteiger charge is 2.18. The highest BCUT2D eigenvalue weighted by atomic mass is 32.1. The van der Waals surface area contributed by atoms with Crippen LogP contribution in [0.3, 0.4) is 0 Å². The van der Waals surface area contributed by atoms with Crippen LogP contribution in [0.25, 0.3) is 16.5 Å². The summed E-state index contributed by atoms with van der Waals surface area (Å²) in [5, 5.41) is 10.5. The van der Waals surface area contributed by atoms with Crippen LogP contribution >= 0.6 is 11.3 Å². The van der Waals surface area contributed by atoms with E-state index in [1.807, 2.05) is 47.8 Å². The molecule has 2 aromatic heterocycles. The van der Waals surface area contributed by atoms with Crippen molar-refractivity contribution in [2.45, 2.75) is 32.8 Å². The molecule has 0 aliphatic carbocycles. The second kappa shape index (κ2) is 13.5. The first-order valence-corrected chi connectivity index (χ1v) is 14.0. The van der Waals surface area contributed by atoms with E-state index >= 15 is 0 Å². The summed E-state index contributed by atoms with van der Waals surface area (Å²) in [7, 11) is 0. The lowest BCUT2D eigenvalue weighted by Gasteiger charge is -2.21. The van der Waals surface area contributed by atoms with Gasteiger partial charge in [-0.2, -0.15) is 0 Å². The Kier molecular flexibility index (Phi) is 9.65. The van der Waals surface area contributed by atoms with Gasteiger partial charge in [-0.15, -0.1) is 11.3 Å². The van der Waals surface area contributed by atoms with Crippen LogP contribution in [0.1, 0.15) is 42.4 Å². The molecule has 3 amide bonds. The Labute approximate surface area is 243 Å². The summed E-state index contributed by atoms with van der Waals surface area (Å²) in [6.45, 7) is 5.83. The summed E-state index contributed by atoms with van der Waals surface area (Å²) in [5.74, 6) is -0.554. The lowest BCUT2D eigenvalue weighted by Crippen LogP contribution is -2.27. The number of ether oxygens (including phenoxy) is 1. The quantitative estimate of drug-likeness (QED) is 0.193. The van der Waals surface area contributed by atoms with Gasteiger partial charge in [0.1, 0.15) is 5.60 Å². The molecule has 9 heteroatoms. The first kappa shape index (κ1) is 29.2. The molecule has 0 aliphatic rings. The average molecular weight is 569 g/mol. The summed E-state index contributed by atoms with van der Waals surface area (Å²) in [6, 6.07) is 21.9. The fourth-order valence-electron chi connectivity index (χ4n) is 3.80. The van der Waals surface area contributed by atoms with E-state index in [0.29, 0.717) is 29.9 Å². The van der Waals surface area contributed by atoms with Crippen molar-refractivity contribution in [3.63, 3.8) is 0 Å². The molecule has 0 radical (unpaired) electrons. The molecule has 41 heavy (non-hydrogen) atoms. The Morgan fingerprint density at radius 1 is 0.927 bits per heavy atom. The minimum atomic E-state index is -0.666. The molecule has 0 unspecified atom stereocenters. The predicted molar refractivity (Wildman–Crippen MR) is 164 cm³/mol. The van der Waals surface area contributed by atoms with Crippen molar-refractivity contribution in [3.05, 3.63) is 107 Å². The summed E-state index contributed by atoms with van der Waals surface area (Å²) in [5.41, 5.74) is 3.21. The van der Waals surface area contributed by atoms with Gasteiger partial charge in [0.15, 0.2) is 0 Å². The number of carbonyl (C=O) groups is 3. The smallest absolute Gasteiger partial charge is 0.412 e. The largest absolute Gasteiger partial charge is 0.444 e. The van der Waals surface area contributed by atoms with E-state index in [0.717, 1.165) is 21.7 Å². The van der Waals surface area contributed by atoms with Gasteiger partial charge >= 0.3 is 6.09 Å². The number of rotatable bonds is 9. The van der Waals surface area contributed by atoms with Crippen LogP contribution in [-0.2, 0) is 16.0 Å². The molecule has 8 nitrogen and oxygen atoms in total. The van der Waals surface area contributed by atoms with Crippen molar-refractivity contribution in [1.29, 1.82) is 0 Å². The molecule has 0 bridgehead atoms. The Bertz CT molecular complexity index is 1510.